The minimum absolute atomic E-state index is 0.536. The molecule has 2 aromatic heterocycles. The zero-order chi connectivity index (χ0) is 13.2. The lowest BCUT2D eigenvalue weighted by atomic mass is 10.2. The monoisotopic (exact) mass is 315 g/mol. The Morgan fingerprint density at radius 1 is 1.16 bits per heavy atom. The highest BCUT2D eigenvalue weighted by Crippen LogP contribution is 2.24. The van der Waals surface area contributed by atoms with Crippen LogP contribution in [0.1, 0.15) is 0 Å². The van der Waals surface area contributed by atoms with Gasteiger partial charge in [-0.2, -0.15) is 9.78 Å². The number of anilines is 1. The van der Waals surface area contributed by atoms with Gasteiger partial charge in [0.25, 0.3) is 0 Å². The number of halogens is 1. The molecule has 3 aromatic rings. The molecule has 0 fully saturated rings. The summed E-state index contributed by atoms with van der Waals surface area (Å²) < 4.78 is 2.60. The molecule has 19 heavy (non-hydrogen) atoms. The molecular formula is C13H10BrN5. The van der Waals surface area contributed by atoms with Crippen molar-refractivity contribution in [2.45, 2.75) is 0 Å². The Labute approximate surface area is 118 Å². The van der Waals surface area contributed by atoms with Gasteiger partial charge >= 0.3 is 0 Å². The molecule has 6 heteroatoms. The van der Waals surface area contributed by atoms with E-state index in [9.17, 15) is 0 Å². The highest BCUT2D eigenvalue weighted by Gasteiger charge is 2.09. The maximum Gasteiger partial charge on any atom is 0.159 e. The van der Waals surface area contributed by atoms with E-state index in [-0.39, 0.29) is 0 Å². The zero-order valence-corrected chi connectivity index (χ0v) is 11.4. The van der Waals surface area contributed by atoms with Crippen molar-refractivity contribution in [3.8, 4) is 17.1 Å². The van der Waals surface area contributed by atoms with Crippen molar-refractivity contribution >= 4 is 21.7 Å². The minimum atomic E-state index is 0.536. The summed E-state index contributed by atoms with van der Waals surface area (Å²) in [5, 5.41) is 4.47. The molecule has 0 amide bonds. The van der Waals surface area contributed by atoms with Gasteiger partial charge < -0.3 is 5.73 Å². The predicted molar refractivity (Wildman–Crippen MR) is 76.7 cm³/mol. The lowest BCUT2D eigenvalue weighted by Crippen LogP contribution is -2.03. The van der Waals surface area contributed by atoms with Gasteiger partial charge in [-0.3, -0.25) is 0 Å². The molecule has 1 aromatic carbocycles. The van der Waals surface area contributed by atoms with Crippen LogP contribution in [-0.4, -0.2) is 19.7 Å². The summed E-state index contributed by atoms with van der Waals surface area (Å²) in [6, 6.07) is 11.5. The summed E-state index contributed by atoms with van der Waals surface area (Å²) in [5.74, 6) is 1.18. The predicted octanol–water partition coefficient (Wildman–Crippen LogP) is 2.67. The third-order valence-corrected chi connectivity index (χ3v) is 3.13. The summed E-state index contributed by atoms with van der Waals surface area (Å²) in [4.78, 5) is 8.01. The molecular weight excluding hydrogens is 306 g/mol. The average molecular weight is 316 g/mol. The number of hydrogen-bond donors (Lipinski definition) is 1. The van der Waals surface area contributed by atoms with Crippen molar-refractivity contribution in [2.75, 3.05) is 5.73 Å². The Kier molecular flexibility index (Phi) is 3.00. The van der Waals surface area contributed by atoms with E-state index in [1.54, 1.807) is 16.9 Å². The van der Waals surface area contributed by atoms with Crippen LogP contribution in [0, 0.1) is 0 Å². The third-order valence-electron chi connectivity index (χ3n) is 2.64. The Morgan fingerprint density at radius 3 is 2.79 bits per heavy atom. The molecule has 0 unspecified atom stereocenters. The van der Waals surface area contributed by atoms with E-state index < -0.39 is 0 Å². The molecule has 0 radical (unpaired) electrons. The number of nitrogens with two attached hydrogens (primary N) is 1. The molecule has 0 atom stereocenters. The Balaban J connectivity index is 2.07. The molecule has 0 aliphatic carbocycles. The molecule has 0 aliphatic heterocycles. The molecule has 0 saturated carbocycles. The molecule has 0 saturated heterocycles. The summed E-state index contributed by atoms with van der Waals surface area (Å²) >= 11 is 3.44. The van der Waals surface area contributed by atoms with Crippen LogP contribution < -0.4 is 5.73 Å². The van der Waals surface area contributed by atoms with Gasteiger partial charge in [0.15, 0.2) is 5.82 Å². The fourth-order valence-electron chi connectivity index (χ4n) is 1.78. The van der Waals surface area contributed by atoms with Crippen molar-refractivity contribution in [1.82, 2.24) is 19.7 Å². The van der Waals surface area contributed by atoms with Gasteiger partial charge in [-0.05, 0) is 12.1 Å². The first-order chi connectivity index (χ1) is 9.24. The Morgan fingerprint density at radius 2 is 2.05 bits per heavy atom. The zero-order valence-electron chi connectivity index (χ0n) is 9.86. The molecule has 0 aliphatic rings. The van der Waals surface area contributed by atoms with Crippen LogP contribution in [0.25, 0.3) is 17.1 Å². The molecule has 2 heterocycles. The Hall–Kier alpha value is -2.21. The molecule has 0 bridgehead atoms. The molecule has 94 valence electrons. The smallest absolute Gasteiger partial charge is 0.159 e. The number of hydrogen-bond acceptors (Lipinski definition) is 4. The van der Waals surface area contributed by atoms with E-state index in [1.165, 1.54) is 6.33 Å². The highest BCUT2D eigenvalue weighted by atomic mass is 79.9. The summed E-state index contributed by atoms with van der Waals surface area (Å²) in [7, 11) is 0. The first-order valence-electron chi connectivity index (χ1n) is 5.62. The number of benzene rings is 1. The Bertz CT molecular complexity index is 708. The van der Waals surface area contributed by atoms with Gasteiger partial charge in [-0.1, -0.05) is 28.1 Å². The first-order valence-corrected chi connectivity index (χ1v) is 6.41. The van der Waals surface area contributed by atoms with E-state index in [2.05, 4.69) is 31.0 Å². The standard InChI is InChI=1S/C13H10BrN5/c14-10-3-1-2-9(6-10)11-7-12(15)19(18-11)13-4-5-16-8-17-13/h1-8H,15H2. The number of rotatable bonds is 2. The van der Waals surface area contributed by atoms with Gasteiger partial charge in [0.05, 0.1) is 5.69 Å². The normalized spacial score (nSPS) is 10.6. The number of aromatic nitrogens is 4. The summed E-state index contributed by atoms with van der Waals surface area (Å²) in [6.45, 7) is 0. The van der Waals surface area contributed by atoms with Crippen LogP contribution in [-0.2, 0) is 0 Å². The van der Waals surface area contributed by atoms with Crippen LogP contribution in [0.15, 0.2) is 53.4 Å². The fourth-order valence-corrected chi connectivity index (χ4v) is 2.18. The van der Waals surface area contributed by atoms with E-state index in [0.717, 1.165) is 15.7 Å². The second-order valence-corrected chi connectivity index (χ2v) is 4.86. The van der Waals surface area contributed by atoms with Gasteiger partial charge in [-0.25, -0.2) is 9.97 Å². The van der Waals surface area contributed by atoms with Crippen LogP contribution in [0.4, 0.5) is 5.82 Å². The van der Waals surface area contributed by atoms with Crippen molar-refractivity contribution in [2.24, 2.45) is 0 Å². The quantitative estimate of drug-likeness (QED) is 0.789. The molecule has 3 rings (SSSR count). The molecule has 5 nitrogen and oxygen atoms in total. The largest absolute Gasteiger partial charge is 0.384 e. The van der Waals surface area contributed by atoms with Crippen molar-refractivity contribution in [3.05, 3.63) is 53.4 Å². The van der Waals surface area contributed by atoms with Gasteiger partial charge in [0, 0.05) is 28.4 Å². The van der Waals surface area contributed by atoms with Crippen molar-refractivity contribution < 1.29 is 0 Å². The lowest BCUT2D eigenvalue weighted by molar-refractivity contribution is 0.852. The van der Waals surface area contributed by atoms with Crippen LogP contribution >= 0.6 is 15.9 Å². The minimum Gasteiger partial charge on any atom is -0.384 e. The SMILES string of the molecule is Nc1cc(-c2cccc(Br)c2)nn1-c1ccncn1. The average Bonchev–Trinajstić information content (AvgIpc) is 2.82. The second-order valence-electron chi connectivity index (χ2n) is 3.94. The first kappa shape index (κ1) is 11.9. The number of nitrogens with zero attached hydrogens (tertiary/aromatic N) is 4. The van der Waals surface area contributed by atoms with Crippen LogP contribution in [0.3, 0.4) is 0 Å². The number of nitrogen functional groups attached to an aromatic ring is 1. The lowest BCUT2D eigenvalue weighted by Gasteiger charge is -2.01. The van der Waals surface area contributed by atoms with E-state index in [1.807, 2.05) is 30.3 Å². The summed E-state index contributed by atoms with van der Waals surface area (Å²) in [6.07, 6.45) is 3.12. The van der Waals surface area contributed by atoms with Crippen molar-refractivity contribution in [1.29, 1.82) is 0 Å². The topological polar surface area (TPSA) is 69.6 Å². The molecule has 0 spiro atoms. The van der Waals surface area contributed by atoms with E-state index in [0.29, 0.717) is 11.6 Å². The maximum atomic E-state index is 5.98. The maximum absolute atomic E-state index is 5.98. The van der Waals surface area contributed by atoms with Crippen LogP contribution in [0.5, 0.6) is 0 Å². The fraction of sp³-hybridized carbons (Fsp3) is 0. The highest BCUT2D eigenvalue weighted by molar-refractivity contribution is 9.10. The second kappa shape index (κ2) is 4.81. The van der Waals surface area contributed by atoms with Gasteiger partial charge in [-0.15, -0.1) is 0 Å². The molecule has 2 N–H and O–H groups in total. The van der Waals surface area contributed by atoms with Crippen LogP contribution in [0.2, 0.25) is 0 Å². The summed E-state index contributed by atoms with van der Waals surface area (Å²) in [5.41, 5.74) is 7.77. The van der Waals surface area contributed by atoms with Gasteiger partial charge in [0.2, 0.25) is 0 Å². The van der Waals surface area contributed by atoms with Gasteiger partial charge in [0.1, 0.15) is 12.1 Å². The van der Waals surface area contributed by atoms with E-state index >= 15 is 0 Å². The van der Waals surface area contributed by atoms with Crippen molar-refractivity contribution in [3.63, 3.8) is 0 Å². The van der Waals surface area contributed by atoms with E-state index in [4.69, 9.17) is 5.73 Å². The third kappa shape index (κ3) is 2.34.